The summed E-state index contributed by atoms with van der Waals surface area (Å²) in [5, 5.41) is 3.50. The highest BCUT2D eigenvalue weighted by molar-refractivity contribution is 8.00. The summed E-state index contributed by atoms with van der Waals surface area (Å²) < 4.78 is 6.02. The van der Waals surface area contributed by atoms with Gasteiger partial charge in [-0.3, -0.25) is 0 Å². The minimum Gasteiger partial charge on any atom is -0.491 e. The molecule has 1 heterocycles. The summed E-state index contributed by atoms with van der Waals surface area (Å²) in [6.45, 7) is 6.49. The molecule has 19 heavy (non-hydrogen) atoms. The van der Waals surface area contributed by atoms with E-state index in [2.05, 4.69) is 69.2 Å². The second-order valence-electron chi connectivity index (χ2n) is 5.72. The third-order valence-electron chi connectivity index (χ3n) is 3.73. The summed E-state index contributed by atoms with van der Waals surface area (Å²) >= 11 is 2.09. The minimum atomic E-state index is 0.230. The van der Waals surface area contributed by atoms with E-state index in [9.17, 15) is 0 Å². The lowest BCUT2D eigenvalue weighted by Crippen LogP contribution is -2.35. The van der Waals surface area contributed by atoms with Crippen molar-refractivity contribution in [1.29, 1.82) is 0 Å². The predicted molar refractivity (Wildman–Crippen MR) is 84.1 cm³/mol. The van der Waals surface area contributed by atoms with E-state index >= 15 is 0 Å². The Morgan fingerprint density at radius 3 is 2.42 bits per heavy atom. The number of rotatable bonds is 5. The standard InChI is InChI=1S/C16H25NOS/c1-12(2)18-14-8-6-13(7-9-14)15(17-4)16(3)10-5-11-19-16/h6-9,12,15,17H,5,10-11H2,1-4H3. The zero-order valence-corrected chi connectivity index (χ0v) is 13.2. The predicted octanol–water partition coefficient (Wildman–Crippen LogP) is 4.02. The number of nitrogens with one attached hydrogen (secondary N) is 1. The van der Waals surface area contributed by atoms with Crippen LogP contribution in [-0.4, -0.2) is 23.7 Å². The fourth-order valence-electron chi connectivity index (χ4n) is 2.86. The Balaban J connectivity index is 2.15. The van der Waals surface area contributed by atoms with Crippen molar-refractivity contribution in [2.45, 2.75) is 50.5 Å². The van der Waals surface area contributed by atoms with Gasteiger partial charge in [-0.25, -0.2) is 0 Å². The van der Waals surface area contributed by atoms with E-state index in [1.165, 1.54) is 24.2 Å². The van der Waals surface area contributed by atoms with Crippen LogP contribution in [0.2, 0.25) is 0 Å². The van der Waals surface area contributed by atoms with Gasteiger partial charge in [0.2, 0.25) is 0 Å². The van der Waals surface area contributed by atoms with Crippen LogP contribution in [0.3, 0.4) is 0 Å². The summed E-state index contributed by atoms with van der Waals surface area (Å²) in [6, 6.07) is 8.98. The second-order valence-corrected chi connectivity index (χ2v) is 7.35. The zero-order chi connectivity index (χ0) is 13.9. The molecular weight excluding hydrogens is 254 g/mol. The highest BCUT2D eigenvalue weighted by Gasteiger charge is 2.37. The molecule has 0 spiro atoms. The van der Waals surface area contributed by atoms with Crippen molar-refractivity contribution in [3.05, 3.63) is 29.8 Å². The SMILES string of the molecule is CNC(c1ccc(OC(C)C)cc1)C1(C)CCCS1. The molecule has 0 amide bonds. The summed E-state index contributed by atoms with van der Waals surface area (Å²) in [7, 11) is 2.06. The van der Waals surface area contributed by atoms with E-state index in [0.29, 0.717) is 10.8 Å². The van der Waals surface area contributed by atoms with Crippen molar-refractivity contribution in [3.63, 3.8) is 0 Å². The summed E-state index contributed by atoms with van der Waals surface area (Å²) in [5.41, 5.74) is 1.36. The van der Waals surface area contributed by atoms with E-state index < -0.39 is 0 Å². The Morgan fingerprint density at radius 2 is 1.95 bits per heavy atom. The molecule has 1 aliphatic rings. The average Bonchev–Trinajstić information content (AvgIpc) is 2.79. The molecule has 1 aliphatic heterocycles. The molecule has 0 aliphatic carbocycles. The van der Waals surface area contributed by atoms with E-state index in [0.717, 1.165) is 5.75 Å². The van der Waals surface area contributed by atoms with E-state index in [-0.39, 0.29) is 6.10 Å². The molecule has 2 unspecified atom stereocenters. The number of ether oxygens (including phenoxy) is 1. The maximum Gasteiger partial charge on any atom is 0.119 e. The van der Waals surface area contributed by atoms with Crippen molar-refractivity contribution in [1.82, 2.24) is 5.32 Å². The first kappa shape index (κ1) is 14.7. The topological polar surface area (TPSA) is 21.3 Å². The van der Waals surface area contributed by atoms with Crippen LogP contribution in [0.5, 0.6) is 5.75 Å². The third kappa shape index (κ3) is 3.46. The van der Waals surface area contributed by atoms with Crippen molar-refractivity contribution in [2.24, 2.45) is 0 Å². The Morgan fingerprint density at radius 1 is 1.26 bits per heavy atom. The molecule has 1 aromatic rings. The first-order valence-corrected chi connectivity index (χ1v) is 8.11. The molecule has 0 aromatic heterocycles. The smallest absolute Gasteiger partial charge is 0.119 e. The molecule has 0 saturated carbocycles. The van der Waals surface area contributed by atoms with Gasteiger partial charge in [0.25, 0.3) is 0 Å². The van der Waals surface area contributed by atoms with E-state index in [1.54, 1.807) is 0 Å². The normalized spacial score (nSPS) is 24.7. The lowest BCUT2D eigenvalue weighted by atomic mass is 9.90. The van der Waals surface area contributed by atoms with Crippen LogP contribution in [0.25, 0.3) is 0 Å². The zero-order valence-electron chi connectivity index (χ0n) is 12.4. The van der Waals surface area contributed by atoms with Crippen molar-refractivity contribution in [2.75, 3.05) is 12.8 Å². The first-order chi connectivity index (χ1) is 9.05. The molecule has 3 heteroatoms. The molecule has 1 saturated heterocycles. The van der Waals surface area contributed by atoms with Gasteiger partial charge in [-0.2, -0.15) is 11.8 Å². The Labute approximate surface area is 121 Å². The largest absolute Gasteiger partial charge is 0.491 e. The van der Waals surface area contributed by atoms with Gasteiger partial charge in [0.05, 0.1) is 6.10 Å². The second kappa shape index (κ2) is 6.19. The van der Waals surface area contributed by atoms with E-state index in [4.69, 9.17) is 4.74 Å². The van der Waals surface area contributed by atoms with Gasteiger partial charge >= 0.3 is 0 Å². The fraction of sp³-hybridized carbons (Fsp3) is 0.625. The maximum absolute atomic E-state index is 5.71. The maximum atomic E-state index is 5.71. The van der Waals surface area contributed by atoms with Gasteiger partial charge in [0.1, 0.15) is 5.75 Å². The van der Waals surface area contributed by atoms with Crippen molar-refractivity contribution < 1.29 is 4.74 Å². The van der Waals surface area contributed by atoms with Crippen molar-refractivity contribution >= 4 is 11.8 Å². The average molecular weight is 279 g/mol. The number of thioether (sulfide) groups is 1. The molecule has 2 rings (SSSR count). The molecule has 1 fully saturated rings. The van der Waals surface area contributed by atoms with Crippen LogP contribution in [0.1, 0.15) is 45.2 Å². The minimum absolute atomic E-state index is 0.230. The van der Waals surface area contributed by atoms with Crippen molar-refractivity contribution in [3.8, 4) is 5.75 Å². The van der Waals surface area contributed by atoms with Crippen LogP contribution in [0.15, 0.2) is 24.3 Å². The lowest BCUT2D eigenvalue weighted by molar-refractivity contribution is 0.242. The summed E-state index contributed by atoms with van der Waals surface area (Å²) in [6.07, 6.45) is 2.84. The fourth-order valence-corrected chi connectivity index (χ4v) is 4.33. The van der Waals surface area contributed by atoms with Gasteiger partial charge in [-0.1, -0.05) is 12.1 Å². The molecular formula is C16H25NOS. The highest BCUT2D eigenvalue weighted by Crippen LogP contribution is 2.46. The van der Waals surface area contributed by atoms with Gasteiger partial charge in [0, 0.05) is 10.8 Å². The Kier molecular flexibility index (Phi) is 4.80. The number of benzene rings is 1. The van der Waals surface area contributed by atoms with Crippen LogP contribution in [0, 0.1) is 0 Å². The quantitative estimate of drug-likeness (QED) is 0.879. The van der Waals surface area contributed by atoms with Crippen LogP contribution >= 0.6 is 11.8 Å². The molecule has 106 valence electrons. The van der Waals surface area contributed by atoms with Crippen LogP contribution in [-0.2, 0) is 0 Å². The monoisotopic (exact) mass is 279 g/mol. The number of hydrogen-bond acceptors (Lipinski definition) is 3. The van der Waals surface area contributed by atoms with E-state index in [1.807, 2.05) is 0 Å². The van der Waals surface area contributed by atoms with Crippen LogP contribution < -0.4 is 10.1 Å². The van der Waals surface area contributed by atoms with Gasteiger partial charge in [-0.05, 0) is 64.1 Å². The first-order valence-electron chi connectivity index (χ1n) is 7.13. The van der Waals surface area contributed by atoms with Gasteiger partial charge in [-0.15, -0.1) is 0 Å². The molecule has 0 bridgehead atoms. The Bertz CT molecular complexity index is 396. The summed E-state index contributed by atoms with van der Waals surface area (Å²) in [5.74, 6) is 2.24. The molecule has 1 aromatic carbocycles. The third-order valence-corrected chi connectivity index (χ3v) is 5.33. The Hall–Kier alpha value is -0.670. The number of hydrogen-bond donors (Lipinski definition) is 1. The highest BCUT2D eigenvalue weighted by atomic mass is 32.2. The molecule has 0 radical (unpaired) electrons. The van der Waals surface area contributed by atoms with Gasteiger partial charge < -0.3 is 10.1 Å². The van der Waals surface area contributed by atoms with Crippen LogP contribution in [0.4, 0.5) is 0 Å². The van der Waals surface area contributed by atoms with Gasteiger partial charge in [0.15, 0.2) is 0 Å². The molecule has 2 atom stereocenters. The lowest BCUT2D eigenvalue weighted by Gasteiger charge is -2.33. The molecule has 1 N–H and O–H groups in total. The molecule has 2 nitrogen and oxygen atoms in total. The summed E-state index contributed by atoms with van der Waals surface area (Å²) in [4.78, 5) is 0.